The number of nitrogens with zero attached hydrogens (tertiary/aromatic N) is 1. The molecular formula is C33H31BrClN3O8S. The smallest absolute Gasteiger partial charge is 0.339 e. The van der Waals surface area contributed by atoms with Gasteiger partial charge in [-0.15, -0.1) is 0 Å². The van der Waals surface area contributed by atoms with E-state index < -0.39 is 29.6 Å². The van der Waals surface area contributed by atoms with E-state index in [1.807, 2.05) is 32.9 Å². The zero-order valence-electron chi connectivity index (χ0n) is 25.9. The Morgan fingerprint density at radius 3 is 2.45 bits per heavy atom. The summed E-state index contributed by atoms with van der Waals surface area (Å²) in [5.74, 6) is -1.70. The summed E-state index contributed by atoms with van der Waals surface area (Å²) in [6.07, 6.45) is 2.12. The van der Waals surface area contributed by atoms with Gasteiger partial charge in [0.1, 0.15) is 6.54 Å². The van der Waals surface area contributed by atoms with Crippen molar-refractivity contribution in [3.8, 4) is 11.5 Å². The number of halogens is 2. The molecule has 0 bridgehead atoms. The molecule has 3 aromatic rings. The number of aryl methyl sites for hydroxylation is 2. The number of carbonyl (C=O) groups excluding carboxylic acids is 5. The second-order valence-electron chi connectivity index (χ2n) is 10.3. The molecule has 0 unspecified atom stereocenters. The third-order valence-corrected chi connectivity index (χ3v) is 8.68. The number of nitrogens with one attached hydrogen (secondary N) is 2. The Balaban J connectivity index is 1.38. The van der Waals surface area contributed by atoms with Crippen LogP contribution in [0.3, 0.4) is 0 Å². The molecule has 14 heteroatoms. The molecule has 4 amide bonds. The fourth-order valence-corrected chi connectivity index (χ4v) is 5.85. The van der Waals surface area contributed by atoms with Gasteiger partial charge in [-0.05, 0) is 113 Å². The van der Waals surface area contributed by atoms with Crippen molar-refractivity contribution in [2.75, 3.05) is 37.5 Å². The molecule has 0 aromatic heterocycles. The standard InChI is InChI=1S/C33H31BrClN3O8S/c1-5-10-45-32(42)22-15-21(7-8-24(22)35)36-29(39)16-38-31(41)28(47-33(38)43)14-20-6-9-26(27(13-20)44-4)46-17-30(40)37-25-12-19(3)18(2)11-23(25)34/h6-9,11-15H,5,10,16-17H2,1-4H3,(H,36,39)(H,37,40)/b28-14+. The number of imide groups is 1. The molecule has 1 saturated heterocycles. The summed E-state index contributed by atoms with van der Waals surface area (Å²) in [5, 5.41) is 4.92. The first-order valence-corrected chi connectivity index (χ1v) is 16.3. The molecular weight excluding hydrogens is 714 g/mol. The number of hydrogen-bond donors (Lipinski definition) is 2. The molecule has 47 heavy (non-hydrogen) atoms. The highest BCUT2D eigenvalue weighted by atomic mass is 79.9. The maximum atomic E-state index is 13.1. The first-order chi connectivity index (χ1) is 22.4. The number of hydrogen-bond acceptors (Lipinski definition) is 9. The zero-order chi connectivity index (χ0) is 34.2. The van der Waals surface area contributed by atoms with Gasteiger partial charge in [0.05, 0.1) is 34.9 Å². The van der Waals surface area contributed by atoms with Crippen molar-refractivity contribution < 1.29 is 38.2 Å². The highest BCUT2D eigenvalue weighted by molar-refractivity contribution is 9.10. The Morgan fingerprint density at radius 2 is 1.72 bits per heavy atom. The van der Waals surface area contributed by atoms with Crippen LogP contribution in [0.2, 0.25) is 5.02 Å². The van der Waals surface area contributed by atoms with E-state index in [0.717, 1.165) is 20.5 Å². The van der Waals surface area contributed by atoms with Gasteiger partial charge in [0.15, 0.2) is 18.1 Å². The monoisotopic (exact) mass is 743 g/mol. The van der Waals surface area contributed by atoms with Gasteiger partial charge in [-0.3, -0.25) is 24.1 Å². The molecule has 1 heterocycles. The van der Waals surface area contributed by atoms with Crippen molar-refractivity contribution in [2.24, 2.45) is 0 Å². The van der Waals surface area contributed by atoms with E-state index in [1.54, 1.807) is 18.2 Å². The average molecular weight is 745 g/mol. The Kier molecular flexibility index (Phi) is 12.1. The molecule has 3 aromatic carbocycles. The van der Waals surface area contributed by atoms with E-state index in [9.17, 15) is 24.0 Å². The van der Waals surface area contributed by atoms with Crippen molar-refractivity contribution in [2.45, 2.75) is 27.2 Å². The molecule has 1 aliphatic heterocycles. The van der Waals surface area contributed by atoms with E-state index in [4.69, 9.17) is 25.8 Å². The predicted octanol–water partition coefficient (Wildman–Crippen LogP) is 6.99. The lowest BCUT2D eigenvalue weighted by molar-refractivity contribution is -0.127. The van der Waals surface area contributed by atoms with Crippen LogP contribution in [0.5, 0.6) is 11.5 Å². The van der Waals surface area contributed by atoms with Crippen LogP contribution < -0.4 is 20.1 Å². The van der Waals surface area contributed by atoms with Gasteiger partial charge < -0.3 is 24.8 Å². The zero-order valence-corrected chi connectivity index (χ0v) is 29.1. The Bertz CT molecular complexity index is 1780. The molecule has 4 rings (SSSR count). The van der Waals surface area contributed by atoms with Crippen molar-refractivity contribution in [3.63, 3.8) is 0 Å². The van der Waals surface area contributed by atoms with Crippen LogP contribution in [-0.2, 0) is 19.1 Å². The number of benzene rings is 3. The van der Waals surface area contributed by atoms with Gasteiger partial charge in [0, 0.05) is 10.2 Å². The number of anilines is 2. The first kappa shape index (κ1) is 35.5. The SMILES string of the molecule is CCCOC(=O)c1cc(NC(=O)CN2C(=O)S/C(=C/c3ccc(OCC(=O)Nc4cc(C)c(C)cc4Br)c(OC)c3)C2=O)ccc1Cl. The minimum absolute atomic E-state index is 0.0766. The predicted molar refractivity (Wildman–Crippen MR) is 184 cm³/mol. The molecule has 0 aliphatic carbocycles. The Labute approximate surface area is 289 Å². The first-order valence-electron chi connectivity index (χ1n) is 14.3. The summed E-state index contributed by atoms with van der Waals surface area (Å²) in [6.45, 7) is 5.17. The van der Waals surface area contributed by atoms with E-state index in [2.05, 4.69) is 26.6 Å². The molecule has 0 saturated carbocycles. The van der Waals surface area contributed by atoms with Gasteiger partial charge in [-0.1, -0.05) is 24.6 Å². The van der Waals surface area contributed by atoms with Gasteiger partial charge >= 0.3 is 5.97 Å². The Hall–Kier alpha value is -4.33. The maximum absolute atomic E-state index is 13.1. The number of methoxy groups -OCH3 is 1. The number of rotatable bonds is 12. The lowest BCUT2D eigenvalue weighted by atomic mass is 10.1. The summed E-state index contributed by atoms with van der Waals surface area (Å²) in [7, 11) is 1.43. The topological polar surface area (TPSA) is 140 Å². The summed E-state index contributed by atoms with van der Waals surface area (Å²) >= 11 is 10.3. The van der Waals surface area contributed by atoms with Crippen molar-refractivity contribution >= 4 is 85.7 Å². The molecule has 2 N–H and O–H groups in total. The van der Waals surface area contributed by atoms with Gasteiger partial charge in [0.25, 0.3) is 17.1 Å². The minimum atomic E-state index is -0.652. The third-order valence-electron chi connectivity index (χ3n) is 6.78. The number of amides is 4. The summed E-state index contributed by atoms with van der Waals surface area (Å²) in [4.78, 5) is 64.2. The Morgan fingerprint density at radius 1 is 0.979 bits per heavy atom. The second kappa shape index (κ2) is 16.0. The van der Waals surface area contributed by atoms with Crippen molar-refractivity contribution in [1.29, 1.82) is 0 Å². The number of thioether (sulfide) groups is 1. The summed E-state index contributed by atoms with van der Waals surface area (Å²) in [5.41, 5.74) is 3.59. The van der Waals surface area contributed by atoms with E-state index >= 15 is 0 Å². The van der Waals surface area contributed by atoms with Crippen LogP contribution in [-0.4, -0.2) is 60.7 Å². The maximum Gasteiger partial charge on any atom is 0.339 e. The molecule has 1 aliphatic rings. The highest BCUT2D eigenvalue weighted by Crippen LogP contribution is 2.35. The van der Waals surface area contributed by atoms with E-state index in [0.29, 0.717) is 40.9 Å². The number of carbonyl (C=O) groups is 5. The van der Waals surface area contributed by atoms with E-state index in [-0.39, 0.29) is 40.3 Å². The molecule has 0 spiro atoms. The van der Waals surface area contributed by atoms with Crippen LogP contribution in [0.4, 0.5) is 16.2 Å². The molecule has 11 nitrogen and oxygen atoms in total. The van der Waals surface area contributed by atoms with Gasteiger partial charge in [0.2, 0.25) is 5.91 Å². The van der Waals surface area contributed by atoms with Gasteiger partial charge in [-0.2, -0.15) is 0 Å². The highest BCUT2D eigenvalue weighted by Gasteiger charge is 2.36. The lowest BCUT2D eigenvalue weighted by Crippen LogP contribution is -2.36. The van der Waals surface area contributed by atoms with Gasteiger partial charge in [-0.25, -0.2) is 4.79 Å². The van der Waals surface area contributed by atoms with Crippen molar-refractivity contribution in [3.05, 3.63) is 85.2 Å². The molecule has 1 fully saturated rings. The third kappa shape index (κ3) is 9.15. The van der Waals surface area contributed by atoms with Crippen molar-refractivity contribution in [1.82, 2.24) is 4.90 Å². The van der Waals surface area contributed by atoms with E-state index in [1.165, 1.54) is 31.4 Å². The molecule has 0 atom stereocenters. The normalized spacial score (nSPS) is 13.5. The summed E-state index contributed by atoms with van der Waals surface area (Å²) < 4.78 is 17.0. The number of esters is 1. The molecule has 0 radical (unpaired) electrons. The fourth-order valence-electron chi connectivity index (χ4n) is 4.26. The van der Waals surface area contributed by atoms with Crippen LogP contribution in [0, 0.1) is 13.8 Å². The summed E-state index contributed by atoms with van der Waals surface area (Å²) in [6, 6.07) is 12.9. The number of ether oxygens (including phenoxy) is 3. The molecule has 246 valence electrons. The quantitative estimate of drug-likeness (QED) is 0.148. The second-order valence-corrected chi connectivity index (χ2v) is 12.6. The largest absolute Gasteiger partial charge is 0.493 e. The average Bonchev–Trinajstić information content (AvgIpc) is 3.29. The fraction of sp³-hybridized carbons (Fsp3) is 0.242. The lowest BCUT2D eigenvalue weighted by Gasteiger charge is -2.14. The van der Waals surface area contributed by atoms with Crippen LogP contribution in [0.25, 0.3) is 6.08 Å². The minimum Gasteiger partial charge on any atom is -0.493 e. The van der Waals surface area contributed by atoms with Crippen LogP contribution >= 0.6 is 39.3 Å². The van der Waals surface area contributed by atoms with Crippen LogP contribution in [0.1, 0.15) is 40.4 Å². The van der Waals surface area contributed by atoms with Crippen LogP contribution in [0.15, 0.2) is 57.9 Å².